The van der Waals surface area contributed by atoms with Crippen molar-refractivity contribution in [2.75, 3.05) is 4.90 Å². The van der Waals surface area contributed by atoms with Gasteiger partial charge in [-0.2, -0.15) is 0 Å². The highest BCUT2D eigenvalue weighted by Gasteiger charge is 2.34. The highest BCUT2D eigenvalue weighted by molar-refractivity contribution is 6.07. The first-order chi connectivity index (χ1) is 15.0. The molecule has 0 fully saturated rings. The number of carbonyl (C=O) groups excluding carboxylic acids is 2. The summed E-state index contributed by atoms with van der Waals surface area (Å²) in [6.07, 6.45) is 1.86. The van der Waals surface area contributed by atoms with Crippen molar-refractivity contribution in [3.8, 4) is 0 Å². The van der Waals surface area contributed by atoms with E-state index in [0.29, 0.717) is 18.4 Å². The first-order valence-corrected chi connectivity index (χ1v) is 10.9. The lowest BCUT2D eigenvalue weighted by Gasteiger charge is -2.39. The molecule has 0 saturated carbocycles. The second-order valence-corrected chi connectivity index (χ2v) is 8.23. The molecule has 0 unspecified atom stereocenters. The van der Waals surface area contributed by atoms with Gasteiger partial charge in [0.2, 0.25) is 5.91 Å². The van der Waals surface area contributed by atoms with E-state index >= 15 is 0 Å². The number of hydrogen-bond donors (Lipinski definition) is 1. The molecule has 0 aromatic heterocycles. The van der Waals surface area contributed by atoms with Crippen LogP contribution >= 0.6 is 0 Å². The lowest BCUT2D eigenvalue weighted by molar-refractivity contribution is -0.121. The zero-order valence-corrected chi connectivity index (χ0v) is 18.0. The van der Waals surface area contributed by atoms with Crippen LogP contribution in [0.5, 0.6) is 0 Å². The van der Waals surface area contributed by atoms with Crippen LogP contribution in [0.4, 0.5) is 5.69 Å². The molecule has 1 aliphatic rings. The van der Waals surface area contributed by atoms with Crippen LogP contribution < -0.4 is 10.2 Å². The van der Waals surface area contributed by atoms with Crippen LogP contribution in [0.1, 0.15) is 52.9 Å². The molecule has 0 bridgehead atoms. The highest BCUT2D eigenvalue weighted by atomic mass is 16.2. The number of benzene rings is 3. The van der Waals surface area contributed by atoms with E-state index in [1.54, 1.807) is 0 Å². The lowest BCUT2D eigenvalue weighted by atomic mass is 9.90. The molecule has 2 atom stereocenters. The summed E-state index contributed by atoms with van der Waals surface area (Å²) >= 11 is 0. The molecule has 0 aliphatic carbocycles. The predicted octanol–water partition coefficient (Wildman–Crippen LogP) is 5.22. The fraction of sp³-hybridized carbons (Fsp3) is 0.259. The summed E-state index contributed by atoms with van der Waals surface area (Å²) in [4.78, 5) is 27.9. The molecular formula is C27H28N2O2. The number of nitrogens with zero attached hydrogens (tertiary/aromatic N) is 1. The molecule has 4 nitrogen and oxygen atoms in total. The number of para-hydroxylation sites is 1. The maximum Gasteiger partial charge on any atom is 0.258 e. The lowest BCUT2D eigenvalue weighted by Crippen LogP contribution is -2.46. The van der Waals surface area contributed by atoms with Gasteiger partial charge < -0.3 is 10.2 Å². The van der Waals surface area contributed by atoms with Gasteiger partial charge in [-0.1, -0.05) is 60.7 Å². The summed E-state index contributed by atoms with van der Waals surface area (Å²) in [6.45, 7) is 4.12. The Hall–Kier alpha value is -3.40. The van der Waals surface area contributed by atoms with Gasteiger partial charge in [-0.3, -0.25) is 9.59 Å². The van der Waals surface area contributed by atoms with Gasteiger partial charge in [0.15, 0.2) is 0 Å². The van der Waals surface area contributed by atoms with Gasteiger partial charge in [-0.15, -0.1) is 0 Å². The van der Waals surface area contributed by atoms with Crippen molar-refractivity contribution < 1.29 is 9.59 Å². The fourth-order valence-electron chi connectivity index (χ4n) is 4.38. The highest BCUT2D eigenvalue weighted by Crippen LogP contribution is 2.37. The van der Waals surface area contributed by atoms with E-state index < -0.39 is 0 Å². The van der Waals surface area contributed by atoms with Crippen molar-refractivity contribution in [1.29, 1.82) is 0 Å². The van der Waals surface area contributed by atoms with Gasteiger partial charge in [0.1, 0.15) is 0 Å². The normalized spacial score (nSPS) is 17.7. The molecule has 4 heteroatoms. The van der Waals surface area contributed by atoms with Gasteiger partial charge in [-0.25, -0.2) is 0 Å². The molecule has 0 radical (unpaired) electrons. The van der Waals surface area contributed by atoms with Crippen molar-refractivity contribution in [3.05, 3.63) is 101 Å². The van der Waals surface area contributed by atoms with E-state index in [0.717, 1.165) is 17.7 Å². The van der Waals surface area contributed by atoms with Crippen LogP contribution in [0.3, 0.4) is 0 Å². The summed E-state index contributed by atoms with van der Waals surface area (Å²) in [5.41, 5.74) is 4.95. The molecule has 1 aliphatic heterocycles. The summed E-state index contributed by atoms with van der Waals surface area (Å²) in [5, 5.41) is 3.22. The van der Waals surface area contributed by atoms with Crippen molar-refractivity contribution in [2.24, 2.45) is 0 Å². The molecule has 3 aromatic carbocycles. The summed E-state index contributed by atoms with van der Waals surface area (Å²) < 4.78 is 0. The Balaban J connectivity index is 1.51. The van der Waals surface area contributed by atoms with E-state index in [4.69, 9.17) is 0 Å². The first-order valence-electron chi connectivity index (χ1n) is 10.9. The number of aryl methyl sites for hydroxylation is 2. The standard InChI is InChI=1S/C27H28N2O2/c1-19-10-6-7-11-21(19)16-17-26(30)28-24-18-20(2)29(25-15-9-8-14-23(24)25)27(31)22-12-4-3-5-13-22/h3-15,20,24H,16-18H2,1-2H3,(H,28,30)/t20-,24+/m1/s1. The molecule has 31 heavy (non-hydrogen) atoms. The minimum atomic E-state index is -0.101. The first kappa shape index (κ1) is 20.9. The molecule has 2 amide bonds. The van der Waals surface area contributed by atoms with Crippen LogP contribution in [0.2, 0.25) is 0 Å². The molecule has 3 aromatic rings. The van der Waals surface area contributed by atoms with Crippen molar-refractivity contribution in [3.63, 3.8) is 0 Å². The molecule has 1 N–H and O–H groups in total. The average molecular weight is 413 g/mol. The van der Waals surface area contributed by atoms with Gasteiger partial charge in [0.25, 0.3) is 5.91 Å². The minimum absolute atomic E-state index is 0.00937. The summed E-state index contributed by atoms with van der Waals surface area (Å²) in [7, 11) is 0. The molecule has 1 heterocycles. The zero-order chi connectivity index (χ0) is 21.8. The van der Waals surface area contributed by atoms with Crippen molar-refractivity contribution >= 4 is 17.5 Å². The van der Waals surface area contributed by atoms with Crippen molar-refractivity contribution in [2.45, 2.75) is 45.2 Å². The SMILES string of the molecule is Cc1ccccc1CCC(=O)N[C@H]1C[C@@H](C)N(C(=O)c2ccccc2)c2ccccc21. The monoisotopic (exact) mass is 412 g/mol. The van der Waals surface area contributed by atoms with E-state index in [1.807, 2.05) is 78.6 Å². The van der Waals surface area contributed by atoms with Gasteiger partial charge in [0.05, 0.1) is 6.04 Å². The van der Waals surface area contributed by atoms with Crippen LogP contribution in [-0.2, 0) is 11.2 Å². The summed E-state index contributed by atoms with van der Waals surface area (Å²) in [6, 6.07) is 25.3. The Kier molecular flexibility index (Phi) is 6.17. The van der Waals surface area contributed by atoms with Crippen LogP contribution in [-0.4, -0.2) is 17.9 Å². The second kappa shape index (κ2) is 9.17. The maximum atomic E-state index is 13.2. The third-order valence-corrected chi connectivity index (χ3v) is 6.05. The Bertz CT molecular complexity index is 1080. The Morgan fingerprint density at radius 3 is 2.39 bits per heavy atom. The van der Waals surface area contributed by atoms with Crippen LogP contribution in [0, 0.1) is 6.92 Å². The number of carbonyl (C=O) groups is 2. The Morgan fingerprint density at radius 2 is 1.61 bits per heavy atom. The van der Waals surface area contributed by atoms with Crippen molar-refractivity contribution in [1.82, 2.24) is 5.32 Å². The largest absolute Gasteiger partial charge is 0.349 e. The Labute approximate surface area is 183 Å². The van der Waals surface area contributed by atoms with Gasteiger partial charge in [-0.05, 0) is 61.6 Å². The van der Waals surface area contributed by atoms with Crippen LogP contribution in [0.15, 0.2) is 78.9 Å². The second-order valence-electron chi connectivity index (χ2n) is 8.23. The van der Waals surface area contributed by atoms with E-state index in [9.17, 15) is 9.59 Å². The number of fused-ring (bicyclic) bond motifs is 1. The minimum Gasteiger partial charge on any atom is -0.349 e. The fourth-order valence-corrected chi connectivity index (χ4v) is 4.38. The molecule has 158 valence electrons. The average Bonchev–Trinajstić information content (AvgIpc) is 2.79. The predicted molar refractivity (Wildman–Crippen MR) is 124 cm³/mol. The number of hydrogen-bond acceptors (Lipinski definition) is 2. The molecular weight excluding hydrogens is 384 g/mol. The maximum absolute atomic E-state index is 13.2. The number of anilines is 1. The van der Waals surface area contributed by atoms with Gasteiger partial charge >= 0.3 is 0 Å². The molecule has 4 rings (SSSR count). The number of amides is 2. The molecule has 0 spiro atoms. The third kappa shape index (κ3) is 4.53. The van der Waals surface area contributed by atoms with E-state index in [-0.39, 0.29) is 23.9 Å². The smallest absolute Gasteiger partial charge is 0.258 e. The van der Waals surface area contributed by atoms with E-state index in [1.165, 1.54) is 11.1 Å². The van der Waals surface area contributed by atoms with E-state index in [2.05, 4.69) is 24.4 Å². The Morgan fingerprint density at radius 1 is 0.935 bits per heavy atom. The summed E-state index contributed by atoms with van der Waals surface area (Å²) in [5.74, 6) is 0.0305. The zero-order valence-electron chi connectivity index (χ0n) is 18.0. The third-order valence-electron chi connectivity index (χ3n) is 6.05. The number of rotatable bonds is 5. The quantitative estimate of drug-likeness (QED) is 0.624. The van der Waals surface area contributed by atoms with Crippen LogP contribution in [0.25, 0.3) is 0 Å². The number of nitrogens with one attached hydrogen (secondary N) is 1. The topological polar surface area (TPSA) is 49.4 Å². The molecule has 0 saturated heterocycles. The van der Waals surface area contributed by atoms with Gasteiger partial charge in [0, 0.05) is 23.7 Å².